The Bertz CT molecular complexity index is 1280. The number of carboxylic acid groups (broad SMARTS) is 1. The van der Waals surface area contributed by atoms with Crippen LogP contribution in [-0.4, -0.2) is 69.6 Å². The van der Waals surface area contributed by atoms with Gasteiger partial charge < -0.3 is 24.8 Å². The summed E-state index contributed by atoms with van der Waals surface area (Å²) in [5.41, 5.74) is 0.989. The molecule has 0 saturated carbocycles. The van der Waals surface area contributed by atoms with E-state index in [-0.39, 0.29) is 38.1 Å². The number of quaternary nitrogens is 1. The molecule has 3 N–H and O–H groups in total. The van der Waals surface area contributed by atoms with Crippen LogP contribution in [0.5, 0.6) is 0 Å². The Morgan fingerprint density at radius 1 is 1.05 bits per heavy atom. The molecule has 3 unspecified atom stereocenters. The molecular formula is C29H38N2O10P+. The Balaban J connectivity index is 1.63. The van der Waals surface area contributed by atoms with Gasteiger partial charge in [-0.05, 0) is 50.8 Å². The fourth-order valence-corrected chi connectivity index (χ4v) is 5.77. The number of ether oxygens (including phenoxy) is 2. The number of nitrogens with zero attached hydrogens (tertiary/aromatic N) is 1. The van der Waals surface area contributed by atoms with Crippen molar-refractivity contribution in [3.63, 3.8) is 0 Å². The van der Waals surface area contributed by atoms with Crippen molar-refractivity contribution in [1.29, 1.82) is 0 Å². The van der Waals surface area contributed by atoms with Crippen molar-refractivity contribution in [1.82, 2.24) is 5.32 Å². The van der Waals surface area contributed by atoms with Gasteiger partial charge in [0.25, 0.3) is 0 Å². The molecule has 0 radical (unpaired) electrons. The minimum Gasteiger partial charge on any atom is -0.446 e. The summed E-state index contributed by atoms with van der Waals surface area (Å²) in [5.74, 6) is -3.33. The van der Waals surface area contributed by atoms with Crippen molar-refractivity contribution >= 4 is 31.7 Å². The molecule has 12 nitrogen and oxygen atoms in total. The van der Waals surface area contributed by atoms with Crippen LogP contribution in [0.2, 0.25) is 0 Å². The Hall–Kier alpha value is -3.57. The Morgan fingerprint density at radius 3 is 2.29 bits per heavy atom. The molecule has 2 aromatic carbocycles. The second kappa shape index (κ2) is 15.1. The minimum atomic E-state index is -4.75. The van der Waals surface area contributed by atoms with Crippen LogP contribution in [0.4, 0.5) is 9.59 Å². The average Bonchev–Trinajstić information content (AvgIpc) is 3.37. The maximum Gasteiger partial charge on any atom is 0.521 e. The topological polar surface area (TPSA) is 166 Å². The molecule has 3 rings (SSSR count). The van der Waals surface area contributed by atoms with Crippen LogP contribution in [0.3, 0.4) is 0 Å². The lowest BCUT2D eigenvalue weighted by Crippen LogP contribution is -2.62. The summed E-state index contributed by atoms with van der Waals surface area (Å²) in [7, 11) is -4.75. The van der Waals surface area contributed by atoms with E-state index in [0.29, 0.717) is 19.3 Å². The van der Waals surface area contributed by atoms with Gasteiger partial charge in [-0.25, -0.2) is 14.4 Å². The Labute approximate surface area is 244 Å². The number of carbonyl (C=O) groups is 4. The van der Waals surface area contributed by atoms with Gasteiger partial charge in [0.2, 0.25) is 0 Å². The van der Waals surface area contributed by atoms with Crippen molar-refractivity contribution in [2.45, 2.75) is 70.5 Å². The van der Waals surface area contributed by atoms with Crippen molar-refractivity contribution in [2.24, 2.45) is 0 Å². The van der Waals surface area contributed by atoms with E-state index >= 15 is 0 Å². The molecule has 1 saturated heterocycles. The lowest BCUT2D eigenvalue weighted by atomic mass is 10.1. The van der Waals surface area contributed by atoms with E-state index in [2.05, 4.69) is 5.32 Å². The smallest absolute Gasteiger partial charge is 0.446 e. The van der Waals surface area contributed by atoms with E-state index in [1.807, 2.05) is 30.3 Å². The van der Waals surface area contributed by atoms with Gasteiger partial charge in [0.15, 0.2) is 11.9 Å². The summed E-state index contributed by atoms with van der Waals surface area (Å²) in [5, 5.41) is 12.6. The summed E-state index contributed by atoms with van der Waals surface area (Å²) in [6.07, 6.45) is -2.07. The van der Waals surface area contributed by atoms with Crippen LogP contribution >= 0.6 is 7.60 Å². The predicted molar refractivity (Wildman–Crippen MR) is 151 cm³/mol. The van der Waals surface area contributed by atoms with Crippen molar-refractivity contribution in [3.8, 4) is 0 Å². The molecular weight excluding hydrogens is 567 g/mol. The van der Waals surface area contributed by atoms with Gasteiger partial charge in [0, 0.05) is 19.4 Å². The van der Waals surface area contributed by atoms with E-state index in [1.165, 1.54) is 19.1 Å². The number of rotatable bonds is 13. The van der Waals surface area contributed by atoms with E-state index in [0.717, 1.165) is 5.56 Å². The number of imide groups is 1. The van der Waals surface area contributed by atoms with E-state index in [1.54, 1.807) is 25.1 Å². The molecule has 1 heterocycles. The summed E-state index contributed by atoms with van der Waals surface area (Å²) in [6.45, 7) is 3.13. The fourth-order valence-electron chi connectivity index (χ4n) is 4.81. The van der Waals surface area contributed by atoms with Gasteiger partial charge in [0.05, 0.1) is 12.1 Å². The highest BCUT2D eigenvalue weighted by Crippen LogP contribution is 2.50. The first-order valence-corrected chi connectivity index (χ1v) is 15.5. The first-order valence-electron chi connectivity index (χ1n) is 13.8. The normalized spacial score (nSPS) is 21.0. The number of alkyl carbamates (subject to hydrolysis) is 1. The van der Waals surface area contributed by atoms with Crippen LogP contribution in [0.1, 0.15) is 61.9 Å². The summed E-state index contributed by atoms with van der Waals surface area (Å²) in [4.78, 5) is 61.2. The standard InChI is InChI=1S/C29H37N2O10P/c1-21-12-11-19-31(21,29(35)36)26(32)25(17-9-10-18-30-28(34)39-20-23-13-5-3-6-14-23)41-42(37,38)22(2)40-27(33)24-15-7-4-8-16-24/h3-8,13-16,21-22,25H,9-12,17-20H2,1-2H3,(H2-,30,34,35,36,37,38)/p+1/t21-,22+,25?,31?/m1/s1. The number of esters is 1. The van der Waals surface area contributed by atoms with Crippen LogP contribution in [-0.2, 0) is 30.0 Å². The van der Waals surface area contributed by atoms with Gasteiger partial charge in [0.1, 0.15) is 12.6 Å². The monoisotopic (exact) mass is 605 g/mol. The van der Waals surface area contributed by atoms with Crippen LogP contribution in [0, 0.1) is 0 Å². The van der Waals surface area contributed by atoms with Gasteiger partial charge >= 0.3 is 31.7 Å². The number of benzene rings is 2. The zero-order valence-electron chi connectivity index (χ0n) is 23.7. The predicted octanol–water partition coefficient (Wildman–Crippen LogP) is 5.06. The molecule has 1 aliphatic heterocycles. The van der Waals surface area contributed by atoms with E-state index < -0.39 is 54.1 Å². The number of hydrogen-bond donors (Lipinski definition) is 3. The molecule has 228 valence electrons. The van der Waals surface area contributed by atoms with Gasteiger partial charge in [-0.2, -0.15) is 9.28 Å². The summed E-state index contributed by atoms with van der Waals surface area (Å²) < 4.78 is 28.0. The second-order valence-electron chi connectivity index (χ2n) is 10.2. The van der Waals surface area contributed by atoms with Gasteiger partial charge in [-0.3, -0.25) is 9.09 Å². The SMILES string of the molecule is C[C@@H]1CCC[N+]1(C(=O)O)C(=O)C(CCCCNC(=O)OCc1ccccc1)OP(=O)(O)[C@@H](C)OC(=O)c1ccccc1. The molecule has 0 bridgehead atoms. The summed E-state index contributed by atoms with van der Waals surface area (Å²) in [6, 6.07) is 16.5. The quantitative estimate of drug-likeness (QED) is 0.122. The van der Waals surface area contributed by atoms with Crippen LogP contribution in [0.15, 0.2) is 60.7 Å². The van der Waals surface area contributed by atoms with Gasteiger partial charge in [-0.15, -0.1) is 0 Å². The molecule has 0 aromatic heterocycles. The molecule has 0 spiro atoms. The summed E-state index contributed by atoms with van der Waals surface area (Å²) >= 11 is 0. The molecule has 3 amide bonds. The molecule has 13 heteroatoms. The van der Waals surface area contributed by atoms with Crippen LogP contribution in [0.25, 0.3) is 0 Å². The molecule has 1 aliphatic rings. The zero-order chi connectivity index (χ0) is 30.8. The number of carbonyl (C=O) groups excluding carboxylic acids is 3. The van der Waals surface area contributed by atoms with E-state index in [9.17, 15) is 33.7 Å². The average molecular weight is 606 g/mol. The van der Waals surface area contributed by atoms with Crippen molar-refractivity contribution < 1.29 is 52.2 Å². The first-order chi connectivity index (χ1) is 20.0. The lowest BCUT2D eigenvalue weighted by molar-refractivity contribution is -0.794. The number of amides is 3. The number of likely N-dealkylation sites (tertiary alicyclic amines) is 1. The molecule has 0 aliphatic carbocycles. The fraction of sp³-hybridized carbons (Fsp3) is 0.448. The Kier molecular flexibility index (Phi) is 11.8. The molecule has 42 heavy (non-hydrogen) atoms. The maximum absolute atomic E-state index is 13.7. The van der Waals surface area contributed by atoms with Gasteiger partial charge in [-0.1, -0.05) is 48.5 Å². The van der Waals surface area contributed by atoms with E-state index in [4.69, 9.17) is 14.0 Å². The zero-order valence-corrected chi connectivity index (χ0v) is 24.6. The third-order valence-electron chi connectivity index (χ3n) is 7.30. The maximum atomic E-state index is 13.7. The van der Waals surface area contributed by atoms with Crippen LogP contribution < -0.4 is 5.32 Å². The lowest BCUT2D eigenvalue weighted by Gasteiger charge is -2.33. The first kappa shape index (κ1) is 32.9. The van der Waals surface area contributed by atoms with Crippen molar-refractivity contribution in [3.05, 3.63) is 71.8 Å². The van der Waals surface area contributed by atoms with Crippen molar-refractivity contribution in [2.75, 3.05) is 13.1 Å². The highest BCUT2D eigenvalue weighted by molar-refractivity contribution is 7.53. The molecule has 2 aromatic rings. The highest BCUT2D eigenvalue weighted by Gasteiger charge is 2.56. The number of unbranched alkanes of at least 4 members (excludes halogenated alkanes) is 1. The largest absolute Gasteiger partial charge is 0.521 e. The number of hydrogen-bond acceptors (Lipinski definition) is 8. The Morgan fingerprint density at radius 2 is 1.69 bits per heavy atom. The number of nitrogens with one attached hydrogen (secondary N) is 1. The third kappa shape index (κ3) is 8.48. The minimum absolute atomic E-state index is 0.0261. The molecule has 1 fully saturated rings. The second-order valence-corrected chi connectivity index (χ2v) is 12.3. The third-order valence-corrected chi connectivity index (χ3v) is 8.88. The highest BCUT2D eigenvalue weighted by atomic mass is 31.2. The molecule has 5 atom stereocenters.